The van der Waals surface area contributed by atoms with Gasteiger partial charge in [0, 0.05) is 38.8 Å². The van der Waals surface area contributed by atoms with Crippen molar-refractivity contribution in [2.24, 2.45) is 0 Å². The summed E-state index contributed by atoms with van der Waals surface area (Å²) in [4.78, 5) is 31.1. The molecule has 0 radical (unpaired) electrons. The second kappa shape index (κ2) is 10.6. The Bertz CT molecular complexity index is 1220. The van der Waals surface area contributed by atoms with E-state index in [9.17, 15) is 18.0 Å². The highest BCUT2D eigenvalue weighted by Gasteiger charge is 2.38. The van der Waals surface area contributed by atoms with Crippen LogP contribution in [0.2, 0.25) is 0 Å². The van der Waals surface area contributed by atoms with E-state index in [4.69, 9.17) is 9.90 Å². The Kier molecular flexibility index (Phi) is 7.67. The first-order chi connectivity index (χ1) is 16.1. The molecule has 34 heavy (non-hydrogen) atoms. The van der Waals surface area contributed by atoms with Gasteiger partial charge >= 0.3 is 12.1 Å². The van der Waals surface area contributed by atoms with Crippen molar-refractivity contribution in [2.45, 2.75) is 25.6 Å². The van der Waals surface area contributed by atoms with E-state index in [0.717, 1.165) is 28.1 Å². The number of benzene rings is 2. The summed E-state index contributed by atoms with van der Waals surface area (Å²) in [5.41, 5.74) is 3.98. The Morgan fingerprint density at radius 2 is 1.76 bits per heavy atom. The molecule has 0 bridgehead atoms. The fourth-order valence-corrected chi connectivity index (χ4v) is 3.16. The van der Waals surface area contributed by atoms with Gasteiger partial charge in [-0.2, -0.15) is 18.3 Å². The molecule has 0 aliphatic carbocycles. The van der Waals surface area contributed by atoms with Crippen molar-refractivity contribution in [2.75, 3.05) is 7.05 Å². The monoisotopic (exact) mass is 473 g/mol. The lowest BCUT2D eigenvalue weighted by Crippen LogP contribution is -2.27. The molecule has 2 N–H and O–H groups in total. The molecule has 0 fully saturated rings. The number of aliphatic carboxylic acids is 1. The number of carboxylic acids is 1. The van der Waals surface area contributed by atoms with Gasteiger partial charge in [-0.15, -0.1) is 0 Å². The Hall–Kier alpha value is -4.15. The number of alkyl halides is 3. The molecular formula is C23H22F3N5O3. The predicted molar refractivity (Wildman–Crippen MR) is 118 cm³/mol. The second-order valence-electron chi connectivity index (χ2n) is 7.33. The van der Waals surface area contributed by atoms with Gasteiger partial charge in [0.05, 0.1) is 16.7 Å². The van der Waals surface area contributed by atoms with Crippen molar-refractivity contribution in [3.05, 3.63) is 78.4 Å². The number of carbonyl (C=O) groups excluding carboxylic acids is 1. The largest absolute Gasteiger partial charge is 0.490 e. The SMILES string of the molecule is CN(Cc1ccccc1-n1cccn1)C(=O)CCc1nc2ccccc2[nH]1.O=C(O)C(F)(F)F. The number of hydrogen-bond acceptors (Lipinski definition) is 4. The minimum atomic E-state index is -5.08. The number of halogens is 3. The summed E-state index contributed by atoms with van der Waals surface area (Å²) in [7, 11) is 1.83. The number of carbonyl (C=O) groups is 2. The Balaban J connectivity index is 0.000000406. The number of amides is 1. The van der Waals surface area contributed by atoms with Gasteiger partial charge in [-0.25, -0.2) is 14.5 Å². The lowest BCUT2D eigenvalue weighted by Gasteiger charge is -2.19. The predicted octanol–water partition coefficient (Wildman–Crippen LogP) is 3.97. The van der Waals surface area contributed by atoms with Gasteiger partial charge in [-0.05, 0) is 29.8 Å². The smallest absolute Gasteiger partial charge is 0.475 e. The van der Waals surface area contributed by atoms with Crippen molar-refractivity contribution in [3.63, 3.8) is 0 Å². The molecule has 2 aromatic heterocycles. The molecule has 0 saturated carbocycles. The average molecular weight is 473 g/mol. The zero-order chi connectivity index (χ0) is 24.7. The van der Waals surface area contributed by atoms with Crippen LogP contribution >= 0.6 is 0 Å². The lowest BCUT2D eigenvalue weighted by molar-refractivity contribution is -0.192. The highest BCUT2D eigenvalue weighted by Crippen LogP contribution is 2.17. The third kappa shape index (κ3) is 6.44. The van der Waals surface area contributed by atoms with Crippen LogP contribution in [0, 0.1) is 0 Å². The van der Waals surface area contributed by atoms with E-state index in [-0.39, 0.29) is 5.91 Å². The van der Waals surface area contributed by atoms with Crippen LogP contribution in [0.4, 0.5) is 13.2 Å². The molecule has 8 nitrogen and oxygen atoms in total. The lowest BCUT2D eigenvalue weighted by atomic mass is 10.1. The van der Waals surface area contributed by atoms with E-state index in [1.807, 2.05) is 72.5 Å². The number of nitrogens with zero attached hydrogens (tertiary/aromatic N) is 4. The number of imidazole rings is 1. The number of H-pyrrole nitrogens is 1. The molecule has 0 aliphatic rings. The topological polar surface area (TPSA) is 104 Å². The van der Waals surface area contributed by atoms with E-state index in [1.165, 1.54) is 0 Å². The van der Waals surface area contributed by atoms with Crippen molar-refractivity contribution in [1.29, 1.82) is 0 Å². The maximum Gasteiger partial charge on any atom is 0.490 e. The number of aromatic amines is 1. The summed E-state index contributed by atoms with van der Waals surface area (Å²) in [6, 6.07) is 17.8. The zero-order valence-electron chi connectivity index (χ0n) is 18.2. The van der Waals surface area contributed by atoms with Crippen LogP contribution in [-0.4, -0.2) is 54.9 Å². The first kappa shape index (κ1) is 24.5. The molecule has 178 valence electrons. The number of rotatable bonds is 6. The minimum Gasteiger partial charge on any atom is -0.475 e. The molecule has 2 aromatic carbocycles. The van der Waals surface area contributed by atoms with Crippen LogP contribution in [0.25, 0.3) is 16.7 Å². The number of aryl methyl sites for hydroxylation is 1. The third-order valence-corrected chi connectivity index (χ3v) is 4.83. The summed E-state index contributed by atoms with van der Waals surface area (Å²) >= 11 is 0. The first-order valence-electron chi connectivity index (χ1n) is 10.2. The van der Waals surface area contributed by atoms with E-state index < -0.39 is 12.1 Å². The van der Waals surface area contributed by atoms with Crippen molar-refractivity contribution < 1.29 is 27.9 Å². The molecule has 0 atom stereocenters. The van der Waals surface area contributed by atoms with Crippen LogP contribution in [0.5, 0.6) is 0 Å². The fourth-order valence-electron chi connectivity index (χ4n) is 3.16. The van der Waals surface area contributed by atoms with Crippen LogP contribution in [0.15, 0.2) is 67.0 Å². The quantitative estimate of drug-likeness (QED) is 0.441. The molecule has 0 spiro atoms. The highest BCUT2D eigenvalue weighted by molar-refractivity contribution is 5.77. The molecule has 0 aliphatic heterocycles. The van der Waals surface area contributed by atoms with Gasteiger partial charge in [0.25, 0.3) is 0 Å². The zero-order valence-corrected chi connectivity index (χ0v) is 18.2. The summed E-state index contributed by atoms with van der Waals surface area (Å²) in [5.74, 6) is -1.83. The summed E-state index contributed by atoms with van der Waals surface area (Å²) in [6.45, 7) is 0.537. The summed E-state index contributed by atoms with van der Waals surface area (Å²) in [5, 5.41) is 11.4. The van der Waals surface area contributed by atoms with Crippen molar-refractivity contribution >= 4 is 22.9 Å². The molecule has 4 rings (SSSR count). The molecule has 11 heteroatoms. The number of aromatic nitrogens is 4. The maximum absolute atomic E-state index is 12.6. The van der Waals surface area contributed by atoms with E-state index >= 15 is 0 Å². The third-order valence-electron chi connectivity index (χ3n) is 4.83. The van der Waals surface area contributed by atoms with Crippen LogP contribution < -0.4 is 0 Å². The average Bonchev–Trinajstić information content (AvgIpc) is 3.47. The van der Waals surface area contributed by atoms with Gasteiger partial charge in [0.2, 0.25) is 5.91 Å². The summed E-state index contributed by atoms with van der Waals surface area (Å²) in [6.07, 6.45) is -0.417. The van der Waals surface area contributed by atoms with Crippen LogP contribution in [-0.2, 0) is 22.6 Å². The number of fused-ring (bicyclic) bond motifs is 1. The van der Waals surface area contributed by atoms with Gasteiger partial charge in [0.15, 0.2) is 0 Å². The highest BCUT2D eigenvalue weighted by atomic mass is 19.4. The van der Waals surface area contributed by atoms with Gasteiger partial charge in [-0.3, -0.25) is 4.79 Å². The molecule has 0 saturated heterocycles. The van der Waals surface area contributed by atoms with Gasteiger partial charge < -0.3 is 15.0 Å². The normalized spacial score (nSPS) is 11.1. The number of carboxylic acid groups (broad SMARTS) is 1. The first-order valence-corrected chi connectivity index (χ1v) is 10.2. The molecule has 1 amide bonds. The Morgan fingerprint density at radius 3 is 2.41 bits per heavy atom. The van der Waals surface area contributed by atoms with Gasteiger partial charge in [0.1, 0.15) is 5.82 Å². The number of nitrogens with one attached hydrogen (secondary N) is 1. The van der Waals surface area contributed by atoms with E-state index in [0.29, 0.717) is 19.4 Å². The van der Waals surface area contributed by atoms with Crippen molar-refractivity contribution in [3.8, 4) is 5.69 Å². The van der Waals surface area contributed by atoms with E-state index in [1.54, 1.807) is 11.1 Å². The molecule has 4 aromatic rings. The Morgan fingerprint density at radius 1 is 1.09 bits per heavy atom. The molecular weight excluding hydrogens is 451 g/mol. The fraction of sp³-hybridized carbons (Fsp3) is 0.217. The number of para-hydroxylation sites is 3. The summed E-state index contributed by atoms with van der Waals surface area (Å²) < 4.78 is 33.6. The standard InChI is InChI=1S/C21H21N5O.C2HF3O2/c1-25(15-16-7-2-5-10-19(16)26-14-6-13-22-26)21(27)12-11-20-23-17-8-3-4-9-18(17)24-20;3-2(4,5)1(6)7/h2-10,13-14H,11-12,15H2,1H3,(H,23,24);(H,6,7). The van der Waals surface area contributed by atoms with Crippen molar-refractivity contribution in [1.82, 2.24) is 24.6 Å². The minimum absolute atomic E-state index is 0.0886. The molecule has 2 heterocycles. The Labute approximate surface area is 192 Å². The van der Waals surface area contributed by atoms with Crippen LogP contribution in [0.3, 0.4) is 0 Å². The van der Waals surface area contributed by atoms with Gasteiger partial charge in [-0.1, -0.05) is 30.3 Å². The van der Waals surface area contributed by atoms with Crippen LogP contribution in [0.1, 0.15) is 17.8 Å². The maximum atomic E-state index is 12.6. The second-order valence-corrected chi connectivity index (χ2v) is 7.33. The number of hydrogen-bond donors (Lipinski definition) is 2. The van der Waals surface area contributed by atoms with E-state index in [2.05, 4.69) is 15.1 Å². The molecule has 0 unspecified atom stereocenters.